The summed E-state index contributed by atoms with van der Waals surface area (Å²) >= 11 is 0. The second-order valence-electron chi connectivity index (χ2n) is 6.51. The Morgan fingerprint density at radius 1 is 1.36 bits per heavy atom. The molecule has 0 fully saturated rings. The molecule has 1 aliphatic heterocycles. The van der Waals surface area contributed by atoms with E-state index in [1.54, 1.807) is 0 Å². The molecule has 1 atom stereocenters. The van der Waals surface area contributed by atoms with Crippen LogP contribution in [0.5, 0.6) is 0 Å². The Hall–Kier alpha value is -1.86. The molecule has 1 unspecified atom stereocenters. The summed E-state index contributed by atoms with van der Waals surface area (Å²) in [4.78, 5) is 8.70. The van der Waals surface area contributed by atoms with Gasteiger partial charge in [0.1, 0.15) is 11.6 Å². The fourth-order valence-electron chi connectivity index (χ4n) is 3.12. The number of aliphatic imine (C=N–C) groups is 1. The first-order valence-electron chi connectivity index (χ1n) is 8.81. The lowest BCUT2D eigenvalue weighted by Crippen LogP contribution is -2.47. The molecule has 3 heterocycles. The van der Waals surface area contributed by atoms with Crippen LogP contribution >= 0.6 is 24.0 Å². The molecular formula is C16H24F3IN8. The Morgan fingerprint density at radius 3 is 2.79 bits per heavy atom. The number of fused-ring (bicyclic) bond motifs is 1. The third kappa shape index (κ3) is 5.35. The van der Waals surface area contributed by atoms with Crippen LogP contribution in [0.1, 0.15) is 36.3 Å². The molecule has 0 radical (unpaired) electrons. The van der Waals surface area contributed by atoms with Gasteiger partial charge < -0.3 is 10.6 Å². The highest BCUT2D eigenvalue weighted by Gasteiger charge is 2.36. The summed E-state index contributed by atoms with van der Waals surface area (Å²) in [7, 11) is 1.46. The standard InChI is InChI=1S/C16H23F3N8.HI/c1-4-20-15(21-7-11-8-26(3)25-14(11)16(17,18)19)23-12-5-6-13-22-10(2)24-27(13)9-12;/h8,12H,4-7,9H2,1-3H3,(H2,20,21,23);1H. The van der Waals surface area contributed by atoms with Crippen LogP contribution in [-0.2, 0) is 32.7 Å². The first kappa shape index (κ1) is 22.4. The van der Waals surface area contributed by atoms with Crippen LogP contribution in [0.4, 0.5) is 13.2 Å². The summed E-state index contributed by atoms with van der Waals surface area (Å²) in [6.45, 7) is 4.89. The number of aryl methyl sites for hydroxylation is 3. The zero-order valence-corrected chi connectivity index (χ0v) is 18.2. The number of rotatable bonds is 4. The molecule has 8 nitrogen and oxygen atoms in total. The van der Waals surface area contributed by atoms with E-state index in [2.05, 4.69) is 30.8 Å². The first-order valence-corrected chi connectivity index (χ1v) is 8.81. The molecule has 0 spiro atoms. The highest BCUT2D eigenvalue weighted by atomic mass is 127. The monoisotopic (exact) mass is 512 g/mol. The number of halogens is 4. The molecule has 2 N–H and O–H groups in total. The zero-order valence-electron chi connectivity index (χ0n) is 15.9. The summed E-state index contributed by atoms with van der Waals surface area (Å²) in [6, 6.07) is 0.0763. The number of hydrogen-bond acceptors (Lipinski definition) is 4. The van der Waals surface area contributed by atoms with Crippen LogP contribution in [0.25, 0.3) is 0 Å². The summed E-state index contributed by atoms with van der Waals surface area (Å²) in [5.74, 6) is 2.17. The van der Waals surface area contributed by atoms with Gasteiger partial charge in [0.05, 0.1) is 13.1 Å². The zero-order chi connectivity index (χ0) is 19.6. The van der Waals surface area contributed by atoms with Crippen LogP contribution in [-0.4, -0.2) is 43.1 Å². The Bertz CT molecular complexity index is 826. The van der Waals surface area contributed by atoms with Crippen molar-refractivity contribution in [2.24, 2.45) is 12.0 Å². The fourth-order valence-corrected chi connectivity index (χ4v) is 3.12. The summed E-state index contributed by atoms with van der Waals surface area (Å²) < 4.78 is 42.3. The fraction of sp³-hybridized carbons (Fsp3) is 0.625. The van der Waals surface area contributed by atoms with E-state index in [0.717, 1.165) is 29.2 Å². The minimum absolute atomic E-state index is 0. The van der Waals surface area contributed by atoms with Gasteiger partial charge in [-0.2, -0.15) is 23.4 Å². The van der Waals surface area contributed by atoms with Gasteiger partial charge in [-0.05, 0) is 20.3 Å². The van der Waals surface area contributed by atoms with Crippen molar-refractivity contribution in [3.63, 3.8) is 0 Å². The predicted octanol–water partition coefficient (Wildman–Crippen LogP) is 2.03. The van der Waals surface area contributed by atoms with Gasteiger partial charge in [0.2, 0.25) is 0 Å². The molecule has 28 heavy (non-hydrogen) atoms. The van der Waals surface area contributed by atoms with Gasteiger partial charge >= 0.3 is 6.18 Å². The quantitative estimate of drug-likeness (QED) is 0.372. The molecule has 0 saturated carbocycles. The second kappa shape index (κ2) is 9.09. The Morgan fingerprint density at radius 2 is 2.11 bits per heavy atom. The Labute approximate surface area is 178 Å². The minimum Gasteiger partial charge on any atom is -0.357 e. The van der Waals surface area contributed by atoms with E-state index < -0.39 is 11.9 Å². The normalized spacial score (nSPS) is 17.1. The highest BCUT2D eigenvalue weighted by molar-refractivity contribution is 14.0. The van der Waals surface area contributed by atoms with Gasteiger partial charge in [-0.25, -0.2) is 14.7 Å². The topological polar surface area (TPSA) is 84.9 Å². The Balaban J connectivity index is 0.00000280. The van der Waals surface area contributed by atoms with Crippen LogP contribution in [0.3, 0.4) is 0 Å². The van der Waals surface area contributed by atoms with Crippen molar-refractivity contribution in [2.75, 3.05) is 6.54 Å². The number of nitrogens with zero attached hydrogens (tertiary/aromatic N) is 6. The summed E-state index contributed by atoms with van der Waals surface area (Å²) in [6.07, 6.45) is -1.51. The van der Waals surface area contributed by atoms with Crippen LogP contribution in [0, 0.1) is 6.92 Å². The average Bonchev–Trinajstić information content (AvgIpc) is 3.13. The lowest BCUT2D eigenvalue weighted by molar-refractivity contribution is -0.142. The molecule has 2 aromatic rings. The SMILES string of the molecule is CCNC(=NCc1cn(C)nc1C(F)(F)F)NC1CCc2nc(C)nn2C1.I. The van der Waals surface area contributed by atoms with Crippen molar-refractivity contribution >= 4 is 29.9 Å². The van der Waals surface area contributed by atoms with Gasteiger partial charge in [0.25, 0.3) is 0 Å². The first-order chi connectivity index (χ1) is 12.8. The molecule has 0 saturated heterocycles. The van der Waals surface area contributed by atoms with E-state index in [-0.39, 0.29) is 42.1 Å². The smallest absolute Gasteiger partial charge is 0.357 e. The highest BCUT2D eigenvalue weighted by Crippen LogP contribution is 2.30. The van der Waals surface area contributed by atoms with E-state index in [1.807, 2.05) is 18.5 Å². The van der Waals surface area contributed by atoms with E-state index in [1.165, 1.54) is 13.2 Å². The maximum atomic E-state index is 13.1. The molecule has 1 aliphatic rings. The molecule has 0 aliphatic carbocycles. The maximum absolute atomic E-state index is 13.1. The number of nitrogens with one attached hydrogen (secondary N) is 2. The van der Waals surface area contributed by atoms with Crippen molar-refractivity contribution in [3.8, 4) is 0 Å². The number of aromatic nitrogens is 5. The molecule has 3 rings (SSSR count). The van der Waals surface area contributed by atoms with Crippen LogP contribution in [0.2, 0.25) is 0 Å². The van der Waals surface area contributed by atoms with Crippen molar-refractivity contribution in [1.29, 1.82) is 0 Å². The number of hydrogen-bond donors (Lipinski definition) is 2. The predicted molar refractivity (Wildman–Crippen MR) is 108 cm³/mol. The Kier molecular flexibility index (Phi) is 7.28. The van der Waals surface area contributed by atoms with Gasteiger partial charge in [-0.15, -0.1) is 24.0 Å². The van der Waals surface area contributed by atoms with Gasteiger partial charge in [0.15, 0.2) is 11.7 Å². The maximum Gasteiger partial charge on any atom is 0.435 e. The summed E-state index contributed by atoms with van der Waals surface area (Å²) in [5.41, 5.74) is -0.856. The molecule has 0 aromatic carbocycles. The van der Waals surface area contributed by atoms with Crippen molar-refractivity contribution < 1.29 is 13.2 Å². The van der Waals surface area contributed by atoms with E-state index in [0.29, 0.717) is 19.0 Å². The van der Waals surface area contributed by atoms with E-state index in [4.69, 9.17) is 0 Å². The largest absolute Gasteiger partial charge is 0.435 e. The molecular weight excluding hydrogens is 488 g/mol. The molecule has 0 bridgehead atoms. The van der Waals surface area contributed by atoms with Crippen molar-refractivity contribution in [3.05, 3.63) is 29.1 Å². The molecule has 0 amide bonds. The number of guanidine groups is 1. The lowest BCUT2D eigenvalue weighted by Gasteiger charge is -2.25. The third-order valence-corrected chi connectivity index (χ3v) is 4.23. The lowest BCUT2D eigenvalue weighted by atomic mass is 10.1. The average molecular weight is 512 g/mol. The van der Waals surface area contributed by atoms with Crippen LogP contribution in [0.15, 0.2) is 11.2 Å². The van der Waals surface area contributed by atoms with E-state index >= 15 is 0 Å². The van der Waals surface area contributed by atoms with E-state index in [9.17, 15) is 13.2 Å². The summed E-state index contributed by atoms with van der Waals surface area (Å²) in [5, 5.41) is 14.2. The molecule has 2 aromatic heterocycles. The van der Waals surface area contributed by atoms with Gasteiger partial charge in [-0.3, -0.25) is 4.68 Å². The van der Waals surface area contributed by atoms with Gasteiger partial charge in [-0.1, -0.05) is 0 Å². The molecule has 12 heteroatoms. The van der Waals surface area contributed by atoms with Crippen LogP contribution < -0.4 is 10.6 Å². The minimum atomic E-state index is -4.50. The second-order valence-corrected chi connectivity index (χ2v) is 6.51. The van der Waals surface area contributed by atoms with Crippen molar-refractivity contribution in [1.82, 2.24) is 35.2 Å². The molecule has 156 valence electrons. The third-order valence-electron chi connectivity index (χ3n) is 4.23. The number of alkyl halides is 3. The van der Waals surface area contributed by atoms with Crippen molar-refractivity contribution in [2.45, 2.75) is 52.0 Å². The van der Waals surface area contributed by atoms with Gasteiger partial charge in [0, 0.05) is 37.8 Å².